The van der Waals surface area contributed by atoms with Crippen LogP contribution >= 0.6 is 0 Å². The standard InChI is InChI=1S/C15H16N2O3/c1-19-13-5-4-12(11-3-2-7-16-14(11)13)17-15(18)10-6-8-20-9-10/h2-5,7,10H,6,8-9H2,1H3,(H,17,18). The Morgan fingerprint density at radius 2 is 2.35 bits per heavy atom. The van der Waals surface area contributed by atoms with Gasteiger partial charge in [-0.15, -0.1) is 0 Å². The smallest absolute Gasteiger partial charge is 0.229 e. The van der Waals surface area contributed by atoms with E-state index in [4.69, 9.17) is 9.47 Å². The molecule has 2 heterocycles. The second kappa shape index (κ2) is 5.46. The summed E-state index contributed by atoms with van der Waals surface area (Å²) in [6.45, 7) is 1.15. The molecular formula is C15H16N2O3. The minimum Gasteiger partial charge on any atom is -0.494 e. The van der Waals surface area contributed by atoms with Crippen LogP contribution in [-0.2, 0) is 9.53 Å². The highest BCUT2D eigenvalue weighted by molar-refractivity contribution is 6.03. The van der Waals surface area contributed by atoms with Crippen molar-refractivity contribution in [3.8, 4) is 5.75 Å². The molecule has 1 atom stereocenters. The maximum absolute atomic E-state index is 12.2. The molecule has 20 heavy (non-hydrogen) atoms. The van der Waals surface area contributed by atoms with Gasteiger partial charge < -0.3 is 14.8 Å². The SMILES string of the molecule is COc1ccc(NC(=O)C2CCOC2)c2cccnc12. The van der Waals surface area contributed by atoms with Crippen LogP contribution in [0.1, 0.15) is 6.42 Å². The number of rotatable bonds is 3. The summed E-state index contributed by atoms with van der Waals surface area (Å²) < 4.78 is 10.5. The average Bonchev–Trinajstić information content (AvgIpc) is 3.02. The molecule has 5 heteroatoms. The maximum atomic E-state index is 12.2. The molecule has 5 nitrogen and oxygen atoms in total. The van der Waals surface area contributed by atoms with Crippen LogP contribution in [0.15, 0.2) is 30.5 Å². The zero-order chi connectivity index (χ0) is 13.9. The van der Waals surface area contributed by atoms with Crippen LogP contribution in [0.2, 0.25) is 0 Å². The first-order valence-electron chi connectivity index (χ1n) is 6.60. The van der Waals surface area contributed by atoms with Gasteiger partial charge in [-0.25, -0.2) is 0 Å². The van der Waals surface area contributed by atoms with Gasteiger partial charge in [0.15, 0.2) is 0 Å². The topological polar surface area (TPSA) is 60.5 Å². The predicted octanol–water partition coefficient (Wildman–Crippen LogP) is 2.22. The van der Waals surface area contributed by atoms with E-state index in [0.29, 0.717) is 19.0 Å². The van der Waals surface area contributed by atoms with Crippen molar-refractivity contribution in [3.63, 3.8) is 0 Å². The summed E-state index contributed by atoms with van der Waals surface area (Å²) in [5.41, 5.74) is 1.50. The van der Waals surface area contributed by atoms with Crippen molar-refractivity contribution in [1.29, 1.82) is 0 Å². The van der Waals surface area contributed by atoms with Gasteiger partial charge in [0.2, 0.25) is 5.91 Å². The van der Waals surface area contributed by atoms with Crippen molar-refractivity contribution < 1.29 is 14.3 Å². The molecule has 1 amide bonds. The lowest BCUT2D eigenvalue weighted by Crippen LogP contribution is -2.22. The molecule has 1 fully saturated rings. The molecule has 1 aromatic carbocycles. The summed E-state index contributed by atoms with van der Waals surface area (Å²) in [6.07, 6.45) is 2.49. The summed E-state index contributed by atoms with van der Waals surface area (Å²) in [5.74, 6) is 0.629. The second-order valence-corrected chi connectivity index (χ2v) is 4.76. The van der Waals surface area contributed by atoms with E-state index in [-0.39, 0.29) is 11.8 Å². The van der Waals surface area contributed by atoms with Gasteiger partial charge in [0.05, 0.1) is 25.3 Å². The van der Waals surface area contributed by atoms with Gasteiger partial charge in [-0.05, 0) is 30.7 Å². The molecule has 2 aromatic rings. The second-order valence-electron chi connectivity index (χ2n) is 4.76. The molecule has 0 radical (unpaired) electrons. The Hall–Kier alpha value is -2.14. The Kier molecular flexibility index (Phi) is 3.52. The van der Waals surface area contributed by atoms with Crippen molar-refractivity contribution in [2.75, 3.05) is 25.6 Å². The fraction of sp³-hybridized carbons (Fsp3) is 0.333. The third-order valence-electron chi connectivity index (χ3n) is 3.51. The molecule has 0 aliphatic carbocycles. The van der Waals surface area contributed by atoms with Crippen molar-refractivity contribution >= 4 is 22.5 Å². The van der Waals surface area contributed by atoms with Crippen LogP contribution in [0.4, 0.5) is 5.69 Å². The molecule has 3 rings (SSSR count). The third kappa shape index (κ3) is 2.32. The Morgan fingerprint density at radius 1 is 1.45 bits per heavy atom. The molecule has 0 spiro atoms. The number of carbonyl (C=O) groups is 1. The number of fused-ring (bicyclic) bond motifs is 1. The summed E-state index contributed by atoms with van der Waals surface area (Å²) in [4.78, 5) is 16.5. The number of nitrogens with one attached hydrogen (secondary N) is 1. The number of nitrogens with zero attached hydrogens (tertiary/aromatic N) is 1. The number of hydrogen-bond donors (Lipinski definition) is 1. The summed E-state index contributed by atoms with van der Waals surface area (Å²) in [5, 5.41) is 3.84. The number of benzene rings is 1. The Morgan fingerprint density at radius 3 is 3.10 bits per heavy atom. The molecule has 0 saturated carbocycles. The average molecular weight is 272 g/mol. The van der Waals surface area contributed by atoms with Crippen LogP contribution < -0.4 is 10.1 Å². The van der Waals surface area contributed by atoms with Crippen LogP contribution in [0, 0.1) is 5.92 Å². The number of anilines is 1. The number of methoxy groups -OCH3 is 1. The molecule has 1 aromatic heterocycles. The first kappa shape index (κ1) is 12.9. The number of carbonyl (C=O) groups excluding carboxylic acids is 1. The van der Waals surface area contributed by atoms with Gasteiger partial charge in [-0.3, -0.25) is 9.78 Å². The minimum absolute atomic E-state index is 0.00202. The molecule has 1 aliphatic heterocycles. The first-order chi connectivity index (χ1) is 9.79. The highest BCUT2D eigenvalue weighted by Crippen LogP contribution is 2.30. The van der Waals surface area contributed by atoms with E-state index in [1.54, 1.807) is 13.3 Å². The largest absolute Gasteiger partial charge is 0.494 e. The van der Waals surface area contributed by atoms with Gasteiger partial charge >= 0.3 is 0 Å². The van der Waals surface area contributed by atoms with E-state index in [0.717, 1.165) is 23.0 Å². The quantitative estimate of drug-likeness (QED) is 0.930. The van der Waals surface area contributed by atoms with E-state index < -0.39 is 0 Å². The van der Waals surface area contributed by atoms with E-state index in [9.17, 15) is 4.79 Å². The van der Waals surface area contributed by atoms with Crippen molar-refractivity contribution in [2.45, 2.75) is 6.42 Å². The fourth-order valence-electron chi connectivity index (χ4n) is 2.40. The number of ether oxygens (including phenoxy) is 2. The molecule has 104 valence electrons. The zero-order valence-corrected chi connectivity index (χ0v) is 11.3. The summed E-state index contributed by atoms with van der Waals surface area (Å²) >= 11 is 0. The fourth-order valence-corrected chi connectivity index (χ4v) is 2.40. The van der Waals surface area contributed by atoms with Crippen LogP contribution in [-0.4, -0.2) is 31.2 Å². The first-order valence-corrected chi connectivity index (χ1v) is 6.60. The van der Waals surface area contributed by atoms with Crippen LogP contribution in [0.25, 0.3) is 10.9 Å². The third-order valence-corrected chi connectivity index (χ3v) is 3.51. The normalized spacial score (nSPS) is 18.1. The predicted molar refractivity (Wildman–Crippen MR) is 75.9 cm³/mol. The lowest BCUT2D eigenvalue weighted by Gasteiger charge is -2.13. The van der Waals surface area contributed by atoms with E-state index in [2.05, 4.69) is 10.3 Å². The Bertz CT molecular complexity index is 636. The number of amides is 1. The van der Waals surface area contributed by atoms with Crippen LogP contribution in [0.3, 0.4) is 0 Å². The highest BCUT2D eigenvalue weighted by atomic mass is 16.5. The molecular weight excluding hydrogens is 256 g/mol. The van der Waals surface area contributed by atoms with Crippen LogP contribution in [0.5, 0.6) is 5.75 Å². The van der Waals surface area contributed by atoms with E-state index >= 15 is 0 Å². The number of aromatic nitrogens is 1. The highest BCUT2D eigenvalue weighted by Gasteiger charge is 2.24. The van der Waals surface area contributed by atoms with Gasteiger partial charge in [-0.1, -0.05) is 0 Å². The van der Waals surface area contributed by atoms with Gasteiger partial charge in [0, 0.05) is 18.2 Å². The molecule has 1 aliphatic rings. The van der Waals surface area contributed by atoms with Crippen molar-refractivity contribution in [2.24, 2.45) is 5.92 Å². The molecule has 1 N–H and O–H groups in total. The maximum Gasteiger partial charge on any atom is 0.229 e. The van der Waals surface area contributed by atoms with Crippen molar-refractivity contribution in [1.82, 2.24) is 4.98 Å². The lowest BCUT2D eigenvalue weighted by molar-refractivity contribution is -0.119. The Balaban J connectivity index is 1.93. The van der Waals surface area contributed by atoms with E-state index in [1.807, 2.05) is 24.3 Å². The summed E-state index contributed by atoms with van der Waals surface area (Å²) in [6, 6.07) is 7.42. The zero-order valence-electron chi connectivity index (χ0n) is 11.3. The van der Waals surface area contributed by atoms with Gasteiger partial charge in [-0.2, -0.15) is 0 Å². The Labute approximate surface area is 116 Å². The molecule has 1 saturated heterocycles. The minimum atomic E-state index is -0.0659. The monoisotopic (exact) mass is 272 g/mol. The van der Waals surface area contributed by atoms with Gasteiger partial charge in [0.1, 0.15) is 11.3 Å². The number of pyridine rings is 1. The molecule has 1 unspecified atom stereocenters. The number of hydrogen-bond acceptors (Lipinski definition) is 4. The summed E-state index contributed by atoms with van der Waals surface area (Å²) in [7, 11) is 1.61. The van der Waals surface area contributed by atoms with E-state index in [1.165, 1.54) is 0 Å². The van der Waals surface area contributed by atoms with Crippen molar-refractivity contribution in [3.05, 3.63) is 30.5 Å². The molecule has 0 bridgehead atoms. The van der Waals surface area contributed by atoms with Gasteiger partial charge in [0.25, 0.3) is 0 Å². The lowest BCUT2D eigenvalue weighted by atomic mass is 10.1.